The van der Waals surface area contributed by atoms with Crippen LogP contribution in [-0.4, -0.2) is 16.0 Å². The highest BCUT2D eigenvalue weighted by atomic mass is 16.8. The molecule has 2 aromatic carbocycles. The van der Waals surface area contributed by atoms with Gasteiger partial charge in [-0.2, -0.15) is 4.84 Å². The van der Waals surface area contributed by atoms with Gasteiger partial charge in [-0.05, 0) is 36.0 Å². The molecule has 0 fully saturated rings. The summed E-state index contributed by atoms with van der Waals surface area (Å²) in [6.45, 7) is 12.3. The lowest BCUT2D eigenvalue weighted by atomic mass is 9.90. The molecule has 0 amide bonds. The van der Waals surface area contributed by atoms with Crippen LogP contribution in [0.1, 0.15) is 100 Å². The van der Waals surface area contributed by atoms with Gasteiger partial charge in [0.15, 0.2) is 0 Å². The number of benzene rings is 2. The van der Waals surface area contributed by atoms with Crippen LogP contribution in [0.3, 0.4) is 0 Å². The van der Waals surface area contributed by atoms with E-state index >= 15 is 0 Å². The van der Waals surface area contributed by atoms with E-state index in [1.807, 2.05) is 51.1 Å². The minimum Gasteiger partial charge on any atom is -0.478 e. The molecule has 0 spiro atoms. The molecule has 2 aromatic rings. The molecular weight excluding hydrogens is 418 g/mol. The van der Waals surface area contributed by atoms with Crippen molar-refractivity contribution in [3.63, 3.8) is 0 Å². The Morgan fingerprint density at radius 1 is 1.06 bits per heavy atom. The van der Waals surface area contributed by atoms with E-state index in [0.717, 1.165) is 41.5 Å². The van der Waals surface area contributed by atoms with Crippen molar-refractivity contribution in [2.45, 2.75) is 85.3 Å². The third kappa shape index (κ3) is 5.05. The number of carboxylic acids is 1. The normalized spacial score (nSPS) is 16.1. The van der Waals surface area contributed by atoms with Crippen LogP contribution in [0.5, 0.6) is 11.5 Å². The third-order valence-corrected chi connectivity index (χ3v) is 6.18. The fourth-order valence-electron chi connectivity index (χ4n) is 4.49. The van der Waals surface area contributed by atoms with Crippen molar-refractivity contribution in [3.8, 4) is 11.5 Å². The quantitative estimate of drug-likeness (QED) is 0.432. The summed E-state index contributed by atoms with van der Waals surface area (Å²) in [6.07, 6.45) is 1.89. The second-order valence-electron chi connectivity index (χ2n) is 9.48. The van der Waals surface area contributed by atoms with Gasteiger partial charge in [-0.1, -0.05) is 78.6 Å². The molecule has 2 unspecified atom stereocenters. The van der Waals surface area contributed by atoms with E-state index in [2.05, 4.69) is 20.8 Å². The number of hydrogen-bond acceptors (Lipinski definition) is 4. The van der Waals surface area contributed by atoms with Crippen LogP contribution >= 0.6 is 0 Å². The standard InChI is InChI=1S/C27H35NO5/c1-7-9-20-15-22-23(17(5)6)28(31)33-26(22)21(10-8-2)24(20)32-25(27(29)30)19-13-11-18(12-14-19)16(3)4/h11-17,23,25H,7-10H2,1-6H3/p+1. The molecule has 0 saturated carbocycles. The van der Waals surface area contributed by atoms with Crippen molar-refractivity contribution in [2.24, 2.45) is 5.92 Å². The molecule has 3 rings (SSSR count). The summed E-state index contributed by atoms with van der Waals surface area (Å²) >= 11 is 0. The Bertz CT molecular complexity index is 1010. The predicted octanol–water partition coefficient (Wildman–Crippen LogP) is 6.70. The van der Waals surface area contributed by atoms with Gasteiger partial charge in [-0.25, -0.2) is 4.79 Å². The van der Waals surface area contributed by atoms with Crippen LogP contribution in [0.25, 0.3) is 0 Å². The zero-order valence-electron chi connectivity index (χ0n) is 20.6. The van der Waals surface area contributed by atoms with Crippen molar-refractivity contribution >= 4 is 5.97 Å². The van der Waals surface area contributed by atoms with Gasteiger partial charge in [0.2, 0.25) is 16.8 Å². The maximum Gasteiger partial charge on any atom is 0.349 e. The monoisotopic (exact) mass is 454 g/mol. The van der Waals surface area contributed by atoms with Crippen LogP contribution < -0.4 is 9.57 Å². The van der Waals surface area contributed by atoms with Crippen LogP contribution in [0, 0.1) is 10.8 Å². The maximum absolute atomic E-state index is 12.6. The molecule has 6 heteroatoms. The highest BCUT2D eigenvalue weighted by Gasteiger charge is 2.47. The van der Waals surface area contributed by atoms with Gasteiger partial charge in [-0.15, -0.1) is 0 Å². The molecule has 0 radical (unpaired) electrons. The molecule has 178 valence electrons. The Balaban J connectivity index is 2.12. The molecular formula is C27H36NO5+. The average Bonchev–Trinajstić information content (AvgIpc) is 3.09. The molecule has 0 aromatic heterocycles. The zero-order chi connectivity index (χ0) is 24.3. The number of aliphatic carboxylic acids is 1. The Labute approximate surface area is 196 Å². The van der Waals surface area contributed by atoms with E-state index < -0.39 is 12.1 Å². The summed E-state index contributed by atoms with van der Waals surface area (Å²) in [6, 6.07) is 9.15. The summed E-state index contributed by atoms with van der Waals surface area (Å²) < 4.78 is 6.29. The van der Waals surface area contributed by atoms with Gasteiger partial charge in [0, 0.05) is 17.0 Å². The largest absolute Gasteiger partial charge is 0.478 e. The lowest BCUT2D eigenvalue weighted by Gasteiger charge is -2.22. The van der Waals surface area contributed by atoms with E-state index in [9.17, 15) is 14.8 Å². The Morgan fingerprint density at radius 2 is 1.67 bits per heavy atom. The minimum absolute atomic E-state index is 0.0747. The first kappa shape index (κ1) is 24.7. The summed E-state index contributed by atoms with van der Waals surface area (Å²) in [4.78, 5) is 31.2. The number of aryl methyl sites for hydroxylation is 1. The molecule has 2 atom stereocenters. The first-order valence-electron chi connectivity index (χ1n) is 12.0. The number of rotatable bonds is 10. The topological polar surface area (TPSA) is 75.8 Å². The van der Waals surface area contributed by atoms with Gasteiger partial charge < -0.3 is 9.84 Å². The Kier molecular flexibility index (Phi) is 7.77. The van der Waals surface area contributed by atoms with E-state index in [0.29, 0.717) is 34.3 Å². The predicted molar refractivity (Wildman–Crippen MR) is 128 cm³/mol. The number of nitrogens with zero attached hydrogens (tertiary/aromatic N) is 1. The second-order valence-corrected chi connectivity index (χ2v) is 9.48. The lowest BCUT2D eigenvalue weighted by Crippen LogP contribution is -2.20. The number of carbonyl (C=O) groups is 1. The third-order valence-electron chi connectivity index (χ3n) is 6.18. The van der Waals surface area contributed by atoms with Crippen molar-refractivity contribution < 1.29 is 24.4 Å². The van der Waals surface area contributed by atoms with Gasteiger partial charge in [0.05, 0.1) is 10.5 Å². The lowest BCUT2D eigenvalue weighted by molar-refractivity contribution is -0.783. The van der Waals surface area contributed by atoms with Crippen LogP contribution in [0.4, 0.5) is 0 Å². The number of ether oxygens (including phenoxy) is 1. The molecule has 0 bridgehead atoms. The van der Waals surface area contributed by atoms with Crippen molar-refractivity contribution in [1.82, 2.24) is 0 Å². The van der Waals surface area contributed by atoms with Gasteiger partial charge in [0.25, 0.3) is 6.04 Å². The van der Waals surface area contributed by atoms with Gasteiger partial charge in [0.1, 0.15) is 5.75 Å². The van der Waals surface area contributed by atoms with E-state index in [1.54, 1.807) is 0 Å². The zero-order valence-corrected chi connectivity index (χ0v) is 20.6. The molecule has 0 aliphatic carbocycles. The van der Waals surface area contributed by atoms with Crippen molar-refractivity contribution in [1.29, 1.82) is 0 Å². The molecule has 33 heavy (non-hydrogen) atoms. The van der Waals surface area contributed by atoms with Gasteiger partial charge in [-0.3, -0.25) is 0 Å². The second kappa shape index (κ2) is 10.4. The van der Waals surface area contributed by atoms with Crippen LogP contribution in [0.2, 0.25) is 0 Å². The summed E-state index contributed by atoms with van der Waals surface area (Å²) in [5.74, 6) is 0.443. The smallest absolute Gasteiger partial charge is 0.349 e. The highest BCUT2D eigenvalue weighted by molar-refractivity contribution is 5.75. The molecule has 1 N–H and O–H groups in total. The fourth-order valence-corrected chi connectivity index (χ4v) is 4.49. The minimum atomic E-state index is -1.15. The Hall–Kier alpha value is -2.89. The summed E-state index contributed by atoms with van der Waals surface area (Å²) in [7, 11) is 0. The molecule has 0 saturated heterocycles. The van der Waals surface area contributed by atoms with E-state index in [1.165, 1.54) is 0 Å². The molecule has 1 aliphatic heterocycles. The van der Waals surface area contributed by atoms with E-state index in [-0.39, 0.29) is 12.0 Å². The fraction of sp³-hybridized carbons (Fsp3) is 0.519. The van der Waals surface area contributed by atoms with Crippen LogP contribution in [0.15, 0.2) is 30.3 Å². The first-order chi connectivity index (χ1) is 15.7. The number of fused-ring (bicyclic) bond motifs is 1. The summed E-state index contributed by atoms with van der Waals surface area (Å²) in [5, 5.41) is 10.0. The molecule has 1 heterocycles. The van der Waals surface area contributed by atoms with Gasteiger partial charge >= 0.3 is 5.97 Å². The first-order valence-corrected chi connectivity index (χ1v) is 12.0. The van der Waals surface area contributed by atoms with E-state index in [4.69, 9.17) is 9.57 Å². The van der Waals surface area contributed by atoms with Crippen molar-refractivity contribution in [2.75, 3.05) is 0 Å². The summed E-state index contributed by atoms with van der Waals surface area (Å²) in [5.41, 5.74) is 4.31. The Morgan fingerprint density at radius 3 is 2.18 bits per heavy atom. The number of hydrogen-bond donors (Lipinski definition) is 1. The maximum atomic E-state index is 12.6. The molecule has 1 aliphatic rings. The van der Waals surface area contributed by atoms with Crippen molar-refractivity contribution in [3.05, 3.63) is 63.1 Å². The van der Waals surface area contributed by atoms with Crippen LogP contribution in [-0.2, 0) is 17.6 Å². The number of carboxylic acid groups (broad SMARTS) is 1. The highest BCUT2D eigenvalue weighted by Crippen LogP contribution is 2.47. The average molecular weight is 455 g/mol. The molecule has 6 nitrogen and oxygen atoms in total. The SMILES string of the molecule is CCCc1cc2c(c(CCC)c1OC(C(=O)O)c1ccc(C(C)C)cc1)O[N+](=O)C2C(C)C.